The van der Waals surface area contributed by atoms with Crippen LogP contribution < -0.4 is 16.0 Å². The molecule has 0 bridgehead atoms. The lowest BCUT2D eigenvalue weighted by molar-refractivity contribution is -0.121. The molecule has 0 heterocycles. The second-order valence-corrected chi connectivity index (χ2v) is 6.48. The van der Waals surface area contributed by atoms with Crippen molar-refractivity contribution >= 4 is 11.9 Å². The first-order valence-electron chi connectivity index (χ1n) is 9.51. The van der Waals surface area contributed by atoms with E-state index in [1.165, 1.54) is 19.3 Å². The van der Waals surface area contributed by atoms with Crippen LogP contribution in [-0.2, 0) is 4.79 Å². The van der Waals surface area contributed by atoms with E-state index in [9.17, 15) is 4.79 Å². The molecule has 0 unspecified atom stereocenters. The van der Waals surface area contributed by atoms with Gasteiger partial charge in [-0.1, -0.05) is 46.0 Å². The number of guanidine groups is 1. The van der Waals surface area contributed by atoms with Crippen LogP contribution in [0.1, 0.15) is 72.1 Å². The van der Waals surface area contributed by atoms with Crippen molar-refractivity contribution in [2.24, 2.45) is 10.9 Å². The van der Waals surface area contributed by atoms with E-state index < -0.39 is 0 Å². The van der Waals surface area contributed by atoms with Gasteiger partial charge < -0.3 is 16.0 Å². The van der Waals surface area contributed by atoms with Crippen molar-refractivity contribution in [1.29, 1.82) is 0 Å². The number of carbonyl (C=O) groups is 1. The molecule has 0 spiro atoms. The number of nitrogens with one attached hydrogen (secondary N) is 3. The van der Waals surface area contributed by atoms with Gasteiger partial charge in [-0.15, -0.1) is 0 Å². The summed E-state index contributed by atoms with van der Waals surface area (Å²) in [7, 11) is 0. The van der Waals surface area contributed by atoms with Crippen molar-refractivity contribution in [3.63, 3.8) is 0 Å². The van der Waals surface area contributed by atoms with Gasteiger partial charge in [-0.2, -0.15) is 0 Å². The van der Waals surface area contributed by atoms with Crippen LogP contribution in [0.4, 0.5) is 0 Å². The van der Waals surface area contributed by atoms with E-state index in [0.29, 0.717) is 24.9 Å². The molecule has 0 aromatic rings. The molecular formula is C18H36N4O. The molecule has 1 amide bonds. The van der Waals surface area contributed by atoms with Crippen LogP contribution in [0.15, 0.2) is 4.99 Å². The molecule has 0 atom stereocenters. The highest BCUT2D eigenvalue weighted by Gasteiger charge is 2.15. The molecule has 0 aromatic carbocycles. The molecule has 0 radical (unpaired) electrons. The molecule has 134 valence electrons. The molecule has 0 saturated heterocycles. The lowest BCUT2D eigenvalue weighted by Crippen LogP contribution is -2.41. The summed E-state index contributed by atoms with van der Waals surface area (Å²) in [5, 5.41) is 9.67. The lowest BCUT2D eigenvalue weighted by Gasteiger charge is -2.22. The molecule has 0 aliphatic heterocycles. The predicted octanol–water partition coefficient (Wildman–Crippen LogP) is 2.82. The fourth-order valence-electron chi connectivity index (χ4n) is 2.95. The molecule has 1 saturated carbocycles. The summed E-state index contributed by atoms with van der Waals surface area (Å²) in [5.41, 5.74) is 0. The maximum absolute atomic E-state index is 12.0. The number of hydrogen-bond acceptors (Lipinski definition) is 2. The zero-order chi connectivity index (χ0) is 16.9. The molecule has 5 heteroatoms. The Bertz CT molecular complexity index is 347. The van der Waals surface area contributed by atoms with Gasteiger partial charge >= 0.3 is 0 Å². The largest absolute Gasteiger partial charge is 0.357 e. The predicted molar refractivity (Wildman–Crippen MR) is 97.7 cm³/mol. The lowest BCUT2D eigenvalue weighted by atomic mass is 9.95. The Kier molecular flexibility index (Phi) is 10.5. The van der Waals surface area contributed by atoms with E-state index >= 15 is 0 Å². The van der Waals surface area contributed by atoms with Crippen molar-refractivity contribution in [2.75, 3.05) is 19.6 Å². The summed E-state index contributed by atoms with van der Waals surface area (Å²) in [5.74, 6) is 1.62. The van der Waals surface area contributed by atoms with Crippen LogP contribution in [0.2, 0.25) is 0 Å². The summed E-state index contributed by atoms with van der Waals surface area (Å²) in [6, 6.07) is 0.396. The number of nitrogens with zero attached hydrogens (tertiary/aromatic N) is 1. The van der Waals surface area contributed by atoms with Crippen molar-refractivity contribution in [3.8, 4) is 0 Å². The van der Waals surface area contributed by atoms with Crippen LogP contribution in [-0.4, -0.2) is 37.5 Å². The molecule has 1 fully saturated rings. The smallest absolute Gasteiger partial charge is 0.221 e. The molecule has 1 rings (SSSR count). The molecule has 23 heavy (non-hydrogen) atoms. The average molecular weight is 325 g/mol. The van der Waals surface area contributed by atoms with Gasteiger partial charge in [0.2, 0.25) is 5.91 Å². The van der Waals surface area contributed by atoms with E-state index in [1.54, 1.807) is 0 Å². The summed E-state index contributed by atoms with van der Waals surface area (Å²) in [4.78, 5) is 16.6. The van der Waals surface area contributed by atoms with E-state index in [4.69, 9.17) is 0 Å². The third-order valence-electron chi connectivity index (χ3n) is 4.62. The van der Waals surface area contributed by atoms with Crippen molar-refractivity contribution in [3.05, 3.63) is 0 Å². The number of carbonyl (C=O) groups excluding carboxylic acids is 1. The van der Waals surface area contributed by atoms with Gasteiger partial charge in [0.05, 0.1) is 0 Å². The number of aliphatic imine (C=N–C) groups is 1. The van der Waals surface area contributed by atoms with Crippen molar-refractivity contribution < 1.29 is 4.79 Å². The van der Waals surface area contributed by atoms with Crippen molar-refractivity contribution in [2.45, 2.75) is 78.2 Å². The van der Waals surface area contributed by atoms with Gasteiger partial charge in [0.1, 0.15) is 0 Å². The summed E-state index contributed by atoms with van der Waals surface area (Å²) >= 11 is 0. The molecule has 5 nitrogen and oxygen atoms in total. The van der Waals surface area contributed by atoms with Crippen LogP contribution in [0.3, 0.4) is 0 Å². The average Bonchev–Trinajstić information content (AvgIpc) is 2.56. The number of rotatable bonds is 9. The van der Waals surface area contributed by atoms with E-state index in [1.807, 2.05) is 0 Å². The first-order valence-corrected chi connectivity index (χ1v) is 9.51. The quantitative estimate of drug-likeness (QED) is 0.451. The first-order chi connectivity index (χ1) is 11.2. The third-order valence-corrected chi connectivity index (χ3v) is 4.62. The molecular weight excluding hydrogens is 288 g/mol. The van der Waals surface area contributed by atoms with Crippen LogP contribution in [0.25, 0.3) is 0 Å². The molecule has 0 aromatic heterocycles. The highest BCUT2D eigenvalue weighted by Crippen LogP contribution is 2.17. The molecule has 1 aliphatic rings. The Morgan fingerprint density at radius 1 is 1.09 bits per heavy atom. The first kappa shape index (κ1) is 19.8. The minimum atomic E-state index is 0.153. The number of amides is 1. The SMILES string of the molecule is CCNC(=NCC(CC)CC)NCCC(=O)NC1CCCCC1. The Labute approximate surface area is 142 Å². The maximum Gasteiger partial charge on any atom is 0.221 e. The van der Waals surface area contributed by atoms with Gasteiger partial charge in [0, 0.05) is 32.1 Å². The Morgan fingerprint density at radius 3 is 2.39 bits per heavy atom. The highest BCUT2D eigenvalue weighted by atomic mass is 16.1. The monoisotopic (exact) mass is 324 g/mol. The van der Waals surface area contributed by atoms with Gasteiger partial charge in [-0.3, -0.25) is 9.79 Å². The summed E-state index contributed by atoms with van der Waals surface area (Å²) in [6.07, 6.45) is 8.90. The van der Waals surface area contributed by atoms with Crippen molar-refractivity contribution in [1.82, 2.24) is 16.0 Å². The molecule has 3 N–H and O–H groups in total. The third kappa shape index (κ3) is 8.82. The fraction of sp³-hybridized carbons (Fsp3) is 0.889. The maximum atomic E-state index is 12.0. The van der Waals surface area contributed by atoms with Crippen LogP contribution in [0.5, 0.6) is 0 Å². The van der Waals surface area contributed by atoms with Gasteiger partial charge in [0.15, 0.2) is 5.96 Å². The topological polar surface area (TPSA) is 65.5 Å². The van der Waals surface area contributed by atoms with Gasteiger partial charge in [-0.25, -0.2) is 0 Å². The molecule has 1 aliphatic carbocycles. The van der Waals surface area contributed by atoms with Gasteiger partial charge in [0.25, 0.3) is 0 Å². The number of hydrogen-bond donors (Lipinski definition) is 3. The van der Waals surface area contributed by atoms with E-state index in [-0.39, 0.29) is 5.91 Å². The van der Waals surface area contributed by atoms with E-state index in [2.05, 4.69) is 41.7 Å². The Hall–Kier alpha value is -1.26. The summed E-state index contributed by atoms with van der Waals surface area (Å²) in [6.45, 7) is 8.79. The second-order valence-electron chi connectivity index (χ2n) is 6.48. The normalized spacial score (nSPS) is 16.4. The zero-order valence-electron chi connectivity index (χ0n) is 15.3. The summed E-state index contributed by atoms with van der Waals surface area (Å²) < 4.78 is 0. The standard InChI is InChI=1S/C18H36N4O/c1-4-15(5-2)14-21-18(19-6-3)20-13-12-17(23)22-16-10-8-7-9-11-16/h15-16H,4-14H2,1-3H3,(H,22,23)(H2,19,20,21). The van der Waals surface area contributed by atoms with Gasteiger partial charge in [-0.05, 0) is 25.7 Å². The van der Waals surface area contributed by atoms with Crippen LogP contribution >= 0.6 is 0 Å². The minimum absolute atomic E-state index is 0.153. The second kappa shape index (κ2) is 12.2. The van der Waals surface area contributed by atoms with Crippen LogP contribution in [0, 0.1) is 5.92 Å². The van der Waals surface area contributed by atoms with E-state index in [0.717, 1.165) is 44.7 Å². The minimum Gasteiger partial charge on any atom is -0.357 e. The fourth-order valence-corrected chi connectivity index (χ4v) is 2.95. The Balaban J connectivity index is 2.27. The Morgan fingerprint density at radius 2 is 1.78 bits per heavy atom. The zero-order valence-corrected chi connectivity index (χ0v) is 15.3. The highest BCUT2D eigenvalue weighted by molar-refractivity contribution is 5.81.